The van der Waals surface area contributed by atoms with Crippen molar-refractivity contribution in [2.75, 3.05) is 24.9 Å². The van der Waals surface area contributed by atoms with Crippen molar-refractivity contribution < 1.29 is 14.5 Å². The molecule has 7 heteroatoms. The van der Waals surface area contributed by atoms with Crippen LogP contribution in [0.25, 0.3) is 10.8 Å². The quantitative estimate of drug-likeness (QED) is 0.406. The molecule has 0 amide bonds. The van der Waals surface area contributed by atoms with E-state index in [0.717, 1.165) is 11.3 Å². The Hall–Kier alpha value is -2.34. The fraction of sp³-hybridized carbons (Fsp3) is 0.267. The van der Waals surface area contributed by atoms with Crippen LogP contribution in [-0.2, 0) is 4.74 Å². The number of carbonyl (C=O) groups excluding carboxylic acids is 1. The zero-order valence-electron chi connectivity index (χ0n) is 11.8. The summed E-state index contributed by atoms with van der Waals surface area (Å²) in [5, 5.41) is 15.8. The lowest BCUT2D eigenvalue weighted by molar-refractivity contribution is -0.383. The molecule has 1 N–H and O–H groups in total. The maximum absolute atomic E-state index is 11.7. The molecule has 0 bridgehead atoms. The minimum absolute atomic E-state index is 0.00282. The zero-order chi connectivity index (χ0) is 15.9. The highest BCUT2D eigenvalue weighted by atomic mass is 35.5. The Morgan fingerprint density at radius 1 is 1.50 bits per heavy atom. The molecule has 1 atom stereocenters. The number of nitro groups is 1. The van der Waals surface area contributed by atoms with Gasteiger partial charge >= 0.3 is 5.97 Å². The molecule has 0 saturated heterocycles. The molecule has 22 heavy (non-hydrogen) atoms. The van der Waals surface area contributed by atoms with Gasteiger partial charge in [-0.1, -0.05) is 6.07 Å². The number of non-ortho nitro benzene ring substituents is 1. The van der Waals surface area contributed by atoms with Gasteiger partial charge in [-0.15, -0.1) is 11.6 Å². The molecule has 1 aliphatic heterocycles. The van der Waals surface area contributed by atoms with Gasteiger partial charge in [0.15, 0.2) is 0 Å². The summed E-state index contributed by atoms with van der Waals surface area (Å²) in [6, 6.07) is 6.49. The van der Waals surface area contributed by atoms with Crippen molar-refractivity contribution >= 4 is 39.7 Å². The Bertz CT molecular complexity index is 791. The van der Waals surface area contributed by atoms with Crippen LogP contribution in [0.1, 0.15) is 21.8 Å². The van der Waals surface area contributed by atoms with Gasteiger partial charge < -0.3 is 10.1 Å². The third-order valence-electron chi connectivity index (χ3n) is 3.89. The fourth-order valence-electron chi connectivity index (χ4n) is 2.90. The number of alkyl halides is 1. The zero-order valence-corrected chi connectivity index (χ0v) is 12.5. The van der Waals surface area contributed by atoms with Gasteiger partial charge in [-0.25, -0.2) is 4.79 Å². The van der Waals surface area contributed by atoms with Crippen LogP contribution in [-0.4, -0.2) is 30.4 Å². The number of anilines is 1. The summed E-state index contributed by atoms with van der Waals surface area (Å²) in [6.45, 7) is 0.647. The van der Waals surface area contributed by atoms with Gasteiger partial charge in [0.2, 0.25) is 0 Å². The van der Waals surface area contributed by atoms with Crippen molar-refractivity contribution in [2.45, 2.75) is 5.92 Å². The van der Waals surface area contributed by atoms with E-state index in [2.05, 4.69) is 10.1 Å². The van der Waals surface area contributed by atoms with Crippen LogP contribution < -0.4 is 5.32 Å². The molecule has 0 radical (unpaired) electrons. The summed E-state index contributed by atoms with van der Waals surface area (Å²) >= 11 is 5.99. The second-order valence-electron chi connectivity index (χ2n) is 5.10. The van der Waals surface area contributed by atoms with E-state index in [-0.39, 0.29) is 17.2 Å². The Kier molecular flexibility index (Phi) is 3.62. The van der Waals surface area contributed by atoms with Crippen molar-refractivity contribution in [1.82, 2.24) is 0 Å². The van der Waals surface area contributed by atoms with Crippen LogP contribution in [0.3, 0.4) is 0 Å². The van der Waals surface area contributed by atoms with E-state index in [4.69, 9.17) is 11.6 Å². The predicted octanol–water partition coefficient (Wildman–Crippen LogP) is 3.28. The first kappa shape index (κ1) is 14.6. The number of fused-ring (bicyclic) bond motifs is 3. The summed E-state index contributed by atoms with van der Waals surface area (Å²) in [7, 11) is 1.24. The number of esters is 1. The molecular formula is C15H13ClN2O4. The highest BCUT2D eigenvalue weighted by molar-refractivity contribution is 6.19. The van der Waals surface area contributed by atoms with Gasteiger partial charge in [-0.3, -0.25) is 10.1 Å². The first-order valence-electron chi connectivity index (χ1n) is 6.70. The van der Waals surface area contributed by atoms with E-state index in [0.29, 0.717) is 23.2 Å². The summed E-state index contributed by atoms with van der Waals surface area (Å²) in [6.07, 6.45) is 0. The number of rotatable bonds is 3. The molecule has 114 valence electrons. The van der Waals surface area contributed by atoms with E-state index in [9.17, 15) is 14.9 Å². The van der Waals surface area contributed by atoms with Crippen LogP contribution >= 0.6 is 11.6 Å². The smallest absolute Gasteiger partial charge is 0.338 e. The topological polar surface area (TPSA) is 81.5 Å². The van der Waals surface area contributed by atoms with Crippen molar-refractivity contribution in [1.29, 1.82) is 0 Å². The van der Waals surface area contributed by atoms with E-state index in [1.54, 1.807) is 12.1 Å². The van der Waals surface area contributed by atoms with E-state index in [1.807, 2.05) is 6.07 Å². The third-order valence-corrected chi connectivity index (χ3v) is 4.26. The number of nitrogens with zero attached hydrogens (tertiary/aromatic N) is 1. The summed E-state index contributed by atoms with van der Waals surface area (Å²) in [5.74, 6) is -0.227. The normalized spacial score (nSPS) is 16.2. The van der Waals surface area contributed by atoms with Gasteiger partial charge in [0, 0.05) is 30.1 Å². The van der Waals surface area contributed by atoms with Crippen LogP contribution in [0, 0.1) is 10.1 Å². The third kappa shape index (κ3) is 2.16. The summed E-state index contributed by atoms with van der Waals surface area (Å²) in [4.78, 5) is 22.7. The highest BCUT2D eigenvalue weighted by Crippen LogP contribution is 2.42. The number of hydrogen-bond acceptors (Lipinski definition) is 5. The van der Waals surface area contributed by atoms with Crippen LogP contribution in [0.15, 0.2) is 24.3 Å². The largest absolute Gasteiger partial charge is 0.465 e. The SMILES string of the molecule is COC(=O)c1cc([N+](=O)[O-])c2c3c(ccc2c1)NCC3CCl. The Balaban J connectivity index is 2.36. The van der Waals surface area contributed by atoms with Crippen LogP contribution in [0.5, 0.6) is 0 Å². The van der Waals surface area contributed by atoms with Crippen molar-refractivity contribution in [3.05, 3.63) is 45.5 Å². The Morgan fingerprint density at radius 3 is 2.91 bits per heavy atom. The molecule has 6 nitrogen and oxygen atoms in total. The lowest BCUT2D eigenvalue weighted by atomic mass is 9.93. The van der Waals surface area contributed by atoms with Gasteiger partial charge in [0.1, 0.15) is 0 Å². The summed E-state index contributed by atoms with van der Waals surface area (Å²) < 4.78 is 4.66. The van der Waals surface area contributed by atoms with E-state index in [1.165, 1.54) is 13.2 Å². The molecule has 0 aliphatic carbocycles. The molecule has 0 fully saturated rings. The molecule has 1 unspecified atom stereocenters. The maximum Gasteiger partial charge on any atom is 0.338 e. The first-order valence-corrected chi connectivity index (χ1v) is 7.23. The predicted molar refractivity (Wildman–Crippen MR) is 83.9 cm³/mol. The molecule has 0 spiro atoms. The molecule has 0 aromatic heterocycles. The van der Waals surface area contributed by atoms with Crippen LogP contribution in [0.2, 0.25) is 0 Å². The molecule has 1 aliphatic rings. The minimum Gasteiger partial charge on any atom is -0.465 e. The van der Waals surface area contributed by atoms with Crippen molar-refractivity contribution in [3.63, 3.8) is 0 Å². The fourth-order valence-corrected chi connectivity index (χ4v) is 3.16. The molecule has 3 rings (SSSR count). The number of nitrogens with one attached hydrogen (secondary N) is 1. The van der Waals surface area contributed by atoms with Gasteiger partial charge in [0.25, 0.3) is 5.69 Å². The van der Waals surface area contributed by atoms with Crippen LogP contribution in [0.4, 0.5) is 11.4 Å². The van der Waals surface area contributed by atoms with Crippen molar-refractivity contribution in [2.24, 2.45) is 0 Å². The number of nitro benzene ring substituents is 1. The highest BCUT2D eigenvalue weighted by Gasteiger charge is 2.29. The van der Waals surface area contributed by atoms with Gasteiger partial charge in [0.05, 0.1) is 23.0 Å². The molecule has 2 aromatic carbocycles. The first-order chi connectivity index (χ1) is 10.6. The number of methoxy groups -OCH3 is 1. The monoisotopic (exact) mass is 320 g/mol. The lowest BCUT2D eigenvalue weighted by Crippen LogP contribution is -2.05. The second-order valence-corrected chi connectivity index (χ2v) is 5.41. The second kappa shape index (κ2) is 5.46. The lowest BCUT2D eigenvalue weighted by Gasteiger charge is -2.11. The van der Waals surface area contributed by atoms with E-state index >= 15 is 0 Å². The Morgan fingerprint density at radius 2 is 2.27 bits per heavy atom. The van der Waals surface area contributed by atoms with E-state index < -0.39 is 10.9 Å². The average molecular weight is 321 g/mol. The summed E-state index contributed by atoms with van der Waals surface area (Å²) in [5.41, 5.74) is 1.76. The minimum atomic E-state index is -0.600. The number of carbonyl (C=O) groups is 1. The molecule has 0 saturated carbocycles. The standard InChI is InChI=1S/C15H13ClN2O4/c1-22-15(19)9-4-8-2-3-11-13(10(6-16)7-17-11)14(8)12(5-9)18(20)21/h2-5,10,17H,6-7H2,1H3. The number of hydrogen-bond donors (Lipinski definition) is 1. The van der Waals surface area contributed by atoms with Crippen molar-refractivity contribution in [3.8, 4) is 0 Å². The molecule has 1 heterocycles. The van der Waals surface area contributed by atoms with Gasteiger partial charge in [-0.05, 0) is 23.1 Å². The molecule has 2 aromatic rings. The molecular weight excluding hydrogens is 308 g/mol. The number of halogens is 1. The maximum atomic E-state index is 11.7. The average Bonchev–Trinajstić information content (AvgIpc) is 2.95. The number of ether oxygens (including phenoxy) is 1. The number of benzene rings is 2. The Labute approximate surface area is 131 Å². The van der Waals surface area contributed by atoms with Gasteiger partial charge in [-0.2, -0.15) is 0 Å².